The predicted molar refractivity (Wildman–Crippen MR) is 41.7 cm³/mol. The molecule has 1 N–H and O–H groups in total. The first-order valence-corrected chi connectivity index (χ1v) is 3.55. The van der Waals surface area contributed by atoms with Crippen LogP contribution in [0.4, 0.5) is 0 Å². The van der Waals surface area contributed by atoms with E-state index in [1.54, 1.807) is 0 Å². The van der Waals surface area contributed by atoms with E-state index < -0.39 is 0 Å². The predicted octanol–water partition coefficient (Wildman–Crippen LogP) is 0.546. The molecule has 0 fully saturated rings. The van der Waals surface area contributed by atoms with Crippen molar-refractivity contribution in [3.63, 3.8) is 0 Å². The van der Waals surface area contributed by atoms with Crippen LogP contribution in [0.5, 0.6) is 0 Å². The lowest BCUT2D eigenvalue weighted by Gasteiger charge is -2.19. The third kappa shape index (κ3) is 4.43. The van der Waals surface area contributed by atoms with Gasteiger partial charge in [-0.15, -0.1) is 0 Å². The molecule has 0 aliphatic rings. The molecule has 0 radical (unpaired) electrons. The maximum absolute atomic E-state index is 3.29. The Morgan fingerprint density at radius 2 is 2.00 bits per heavy atom. The van der Waals surface area contributed by atoms with Gasteiger partial charge in [-0.2, -0.15) is 0 Å². The van der Waals surface area contributed by atoms with Crippen LogP contribution in [0.2, 0.25) is 0 Å². The highest BCUT2D eigenvalue weighted by Gasteiger charge is 2.00. The summed E-state index contributed by atoms with van der Waals surface area (Å²) in [5, 5.41) is 3.29. The van der Waals surface area contributed by atoms with Gasteiger partial charge in [-0.25, -0.2) is 0 Å². The molecule has 0 aliphatic carbocycles. The van der Waals surface area contributed by atoms with Gasteiger partial charge in [0.05, 0.1) is 0 Å². The standard InChI is InChI=1S/C7H18N2/c1-5-8-6-7(2)9(3)4/h7-8H,5-6H2,1-4H3/t7-/m0/s1. The highest BCUT2D eigenvalue weighted by atomic mass is 15.1. The van der Waals surface area contributed by atoms with Crippen molar-refractivity contribution in [3.8, 4) is 0 Å². The van der Waals surface area contributed by atoms with Gasteiger partial charge >= 0.3 is 0 Å². The number of rotatable bonds is 4. The van der Waals surface area contributed by atoms with Crippen LogP contribution in [0, 0.1) is 0 Å². The largest absolute Gasteiger partial charge is 0.315 e. The van der Waals surface area contributed by atoms with Crippen LogP contribution in [0.1, 0.15) is 13.8 Å². The summed E-state index contributed by atoms with van der Waals surface area (Å²) in [7, 11) is 4.20. The van der Waals surface area contributed by atoms with Crippen LogP contribution >= 0.6 is 0 Å². The number of nitrogens with one attached hydrogen (secondary N) is 1. The van der Waals surface area contributed by atoms with Gasteiger partial charge in [0.25, 0.3) is 0 Å². The third-order valence-electron chi connectivity index (χ3n) is 1.57. The monoisotopic (exact) mass is 130 g/mol. The fourth-order valence-corrected chi connectivity index (χ4v) is 0.536. The summed E-state index contributed by atoms with van der Waals surface area (Å²) in [4.78, 5) is 2.21. The van der Waals surface area contributed by atoms with Crippen LogP contribution in [0.15, 0.2) is 0 Å². The molecule has 1 atom stereocenters. The van der Waals surface area contributed by atoms with Crippen molar-refractivity contribution >= 4 is 0 Å². The lowest BCUT2D eigenvalue weighted by atomic mass is 10.3. The molecule has 0 unspecified atom stereocenters. The second-order valence-electron chi connectivity index (χ2n) is 2.62. The molecule has 0 heterocycles. The van der Waals surface area contributed by atoms with Crippen LogP contribution < -0.4 is 5.32 Å². The topological polar surface area (TPSA) is 15.3 Å². The molecule has 0 bridgehead atoms. The fourth-order valence-electron chi connectivity index (χ4n) is 0.536. The molecule has 0 rings (SSSR count). The van der Waals surface area contributed by atoms with E-state index in [2.05, 4.69) is 38.2 Å². The number of hydrogen-bond donors (Lipinski definition) is 1. The first-order valence-electron chi connectivity index (χ1n) is 3.55. The van der Waals surface area contributed by atoms with E-state index >= 15 is 0 Å². The molecular formula is C7H18N2. The van der Waals surface area contributed by atoms with E-state index in [0.29, 0.717) is 6.04 Å². The molecule has 0 spiro atoms. The normalized spacial score (nSPS) is 14.3. The Labute approximate surface area is 58.2 Å². The van der Waals surface area contributed by atoms with Gasteiger partial charge < -0.3 is 10.2 Å². The summed E-state index contributed by atoms with van der Waals surface area (Å²) in [6.07, 6.45) is 0. The molecule has 0 saturated heterocycles. The number of hydrogen-bond acceptors (Lipinski definition) is 2. The van der Waals surface area contributed by atoms with Crippen molar-refractivity contribution in [1.82, 2.24) is 10.2 Å². The van der Waals surface area contributed by atoms with E-state index in [9.17, 15) is 0 Å². The van der Waals surface area contributed by atoms with Crippen molar-refractivity contribution in [1.29, 1.82) is 0 Å². The fraction of sp³-hybridized carbons (Fsp3) is 1.00. The number of likely N-dealkylation sites (N-methyl/N-ethyl adjacent to an activating group) is 2. The van der Waals surface area contributed by atoms with Crippen LogP contribution in [0.3, 0.4) is 0 Å². The van der Waals surface area contributed by atoms with Crippen LogP contribution in [0.25, 0.3) is 0 Å². The Balaban J connectivity index is 3.16. The zero-order valence-corrected chi connectivity index (χ0v) is 6.94. The molecule has 0 aromatic heterocycles. The molecule has 0 aromatic carbocycles. The molecule has 0 amide bonds. The minimum Gasteiger partial charge on any atom is -0.315 e. The second-order valence-corrected chi connectivity index (χ2v) is 2.62. The van der Waals surface area contributed by atoms with Crippen molar-refractivity contribution in [2.45, 2.75) is 19.9 Å². The molecule has 56 valence electrons. The first-order chi connectivity index (χ1) is 4.18. The highest BCUT2D eigenvalue weighted by molar-refractivity contribution is 4.60. The van der Waals surface area contributed by atoms with Crippen LogP contribution in [-0.2, 0) is 0 Å². The first kappa shape index (κ1) is 8.92. The SMILES string of the molecule is CCNC[C@H](C)N(C)C. The zero-order valence-electron chi connectivity index (χ0n) is 6.94. The van der Waals surface area contributed by atoms with E-state index in [4.69, 9.17) is 0 Å². The van der Waals surface area contributed by atoms with Gasteiger partial charge in [-0.1, -0.05) is 6.92 Å². The summed E-state index contributed by atoms with van der Waals surface area (Å²) in [5.74, 6) is 0. The van der Waals surface area contributed by atoms with E-state index in [1.165, 1.54) is 0 Å². The summed E-state index contributed by atoms with van der Waals surface area (Å²) >= 11 is 0. The Bertz CT molecular complexity index is 61.9. The molecule has 0 aromatic rings. The summed E-state index contributed by atoms with van der Waals surface area (Å²) < 4.78 is 0. The third-order valence-corrected chi connectivity index (χ3v) is 1.57. The Hall–Kier alpha value is -0.0800. The van der Waals surface area contributed by atoms with Crippen molar-refractivity contribution in [2.24, 2.45) is 0 Å². The molecule has 9 heavy (non-hydrogen) atoms. The van der Waals surface area contributed by atoms with Gasteiger partial charge in [-0.3, -0.25) is 0 Å². The number of nitrogens with zero attached hydrogens (tertiary/aromatic N) is 1. The van der Waals surface area contributed by atoms with E-state index in [-0.39, 0.29) is 0 Å². The molecule has 2 heteroatoms. The molecular weight excluding hydrogens is 112 g/mol. The Morgan fingerprint density at radius 1 is 1.44 bits per heavy atom. The lowest BCUT2D eigenvalue weighted by molar-refractivity contribution is 0.305. The second kappa shape index (κ2) is 4.77. The molecule has 0 saturated carbocycles. The van der Waals surface area contributed by atoms with E-state index in [1.807, 2.05) is 0 Å². The maximum atomic E-state index is 3.29. The summed E-state index contributed by atoms with van der Waals surface area (Å²) in [5.41, 5.74) is 0. The van der Waals surface area contributed by atoms with Crippen molar-refractivity contribution in [2.75, 3.05) is 27.2 Å². The zero-order chi connectivity index (χ0) is 7.28. The lowest BCUT2D eigenvalue weighted by Crippen LogP contribution is -2.35. The Kier molecular flexibility index (Phi) is 4.72. The summed E-state index contributed by atoms with van der Waals surface area (Å²) in [6.45, 7) is 6.49. The smallest absolute Gasteiger partial charge is 0.0186 e. The Morgan fingerprint density at radius 3 is 2.33 bits per heavy atom. The maximum Gasteiger partial charge on any atom is 0.0186 e. The highest BCUT2D eigenvalue weighted by Crippen LogP contribution is 1.86. The van der Waals surface area contributed by atoms with Gasteiger partial charge in [0.1, 0.15) is 0 Å². The van der Waals surface area contributed by atoms with Gasteiger partial charge in [0.15, 0.2) is 0 Å². The average molecular weight is 130 g/mol. The van der Waals surface area contributed by atoms with Crippen molar-refractivity contribution < 1.29 is 0 Å². The quantitative estimate of drug-likeness (QED) is 0.597. The van der Waals surface area contributed by atoms with Gasteiger partial charge in [-0.05, 0) is 27.6 Å². The summed E-state index contributed by atoms with van der Waals surface area (Å²) in [6, 6.07) is 0.643. The van der Waals surface area contributed by atoms with Gasteiger partial charge in [0, 0.05) is 12.6 Å². The van der Waals surface area contributed by atoms with Crippen molar-refractivity contribution in [3.05, 3.63) is 0 Å². The molecule has 2 nitrogen and oxygen atoms in total. The van der Waals surface area contributed by atoms with E-state index in [0.717, 1.165) is 13.1 Å². The van der Waals surface area contributed by atoms with Gasteiger partial charge in [0.2, 0.25) is 0 Å². The molecule has 0 aliphatic heterocycles. The minimum atomic E-state index is 0.643. The van der Waals surface area contributed by atoms with Crippen LogP contribution in [-0.4, -0.2) is 38.1 Å². The average Bonchev–Trinajstić information content (AvgIpc) is 1.82. The minimum absolute atomic E-state index is 0.643.